The topological polar surface area (TPSA) is 56.9 Å². The van der Waals surface area contributed by atoms with E-state index in [0.29, 0.717) is 29.0 Å². The molecule has 3 heterocycles. The zero-order valence-electron chi connectivity index (χ0n) is 18.3. The highest BCUT2D eigenvalue weighted by Gasteiger charge is 2.33. The Balaban J connectivity index is 1.58. The van der Waals surface area contributed by atoms with E-state index in [0.717, 1.165) is 29.3 Å². The number of piperidine rings is 2. The lowest BCUT2D eigenvalue weighted by molar-refractivity contribution is 0.0434. The first-order valence-corrected chi connectivity index (χ1v) is 11.0. The smallest absolute Gasteiger partial charge is 0.339 e. The minimum absolute atomic E-state index is 0.263. The SMILES string of the molecule is Cc1cc2oc(=O)c(C)c(C)c2c(O)c1CN(C)C[C@@H]1CCCN2CCCC[C@H]12. The number of nitrogens with zero attached hydrogens (tertiary/aromatic N) is 2. The van der Waals surface area contributed by atoms with E-state index in [4.69, 9.17) is 4.42 Å². The predicted octanol–water partition coefficient (Wildman–Crippen LogP) is 4.12. The lowest BCUT2D eigenvalue weighted by Crippen LogP contribution is -2.50. The van der Waals surface area contributed by atoms with Crippen LogP contribution in [0.3, 0.4) is 0 Å². The number of hydrogen-bond donors (Lipinski definition) is 1. The van der Waals surface area contributed by atoms with Crippen LogP contribution in [0.25, 0.3) is 11.0 Å². The Morgan fingerprint density at radius 1 is 1.14 bits per heavy atom. The van der Waals surface area contributed by atoms with Gasteiger partial charge in [0.1, 0.15) is 11.3 Å². The van der Waals surface area contributed by atoms with Gasteiger partial charge in [0.15, 0.2) is 0 Å². The molecule has 1 aromatic carbocycles. The lowest BCUT2D eigenvalue weighted by Gasteiger charge is -2.45. The van der Waals surface area contributed by atoms with Crippen molar-refractivity contribution in [3.05, 3.63) is 38.7 Å². The molecule has 0 saturated carbocycles. The molecule has 1 aromatic heterocycles. The Bertz CT molecular complexity index is 963. The summed E-state index contributed by atoms with van der Waals surface area (Å²) in [4.78, 5) is 17.1. The molecular weight excluding hydrogens is 364 g/mol. The van der Waals surface area contributed by atoms with Crippen molar-refractivity contribution in [2.45, 2.75) is 65.5 Å². The Kier molecular flexibility index (Phi) is 5.71. The Hall–Kier alpha value is -1.85. The van der Waals surface area contributed by atoms with E-state index in [1.54, 1.807) is 6.92 Å². The highest BCUT2D eigenvalue weighted by molar-refractivity contribution is 5.89. The van der Waals surface area contributed by atoms with Crippen LogP contribution in [0.15, 0.2) is 15.3 Å². The summed E-state index contributed by atoms with van der Waals surface area (Å²) >= 11 is 0. The summed E-state index contributed by atoms with van der Waals surface area (Å²) in [6, 6.07) is 2.63. The highest BCUT2D eigenvalue weighted by Crippen LogP contribution is 2.36. The normalized spacial score (nSPS) is 22.9. The van der Waals surface area contributed by atoms with Crippen molar-refractivity contribution in [1.29, 1.82) is 0 Å². The van der Waals surface area contributed by atoms with Crippen molar-refractivity contribution in [3.63, 3.8) is 0 Å². The van der Waals surface area contributed by atoms with Gasteiger partial charge in [0, 0.05) is 30.3 Å². The molecule has 4 rings (SSSR count). The van der Waals surface area contributed by atoms with Crippen LogP contribution in [0.1, 0.15) is 54.4 Å². The summed E-state index contributed by atoms with van der Waals surface area (Å²) in [6.45, 7) is 9.91. The van der Waals surface area contributed by atoms with E-state index in [-0.39, 0.29) is 11.4 Å². The molecule has 2 aliphatic rings. The number of phenols is 1. The van der Waals surface area contributed by atoms with E-state index >= 15 is 0 Å². The van der Waals surface area contributed by atoms with Gasteiger partial charge in [-0.2, -0.15) is 0 Å². The molecule has 158 valence electrons. The molecule has 2 atom stereocenters. The minimum Gasteiger partial charge on any atom is -0.507 e. The molecule has 5 heteroatoms. The zero-order valence-corrected chi connectivity index (χ0v) is 18.3. The molecule has 29 heavy (non-hydrogen) atoms. The van der Waals surface area contributed by atoms with Crippen molar-refractivity contribution in [1.82, 2.24) is 9.80 Å². The molecule has 2 aromatic rings. The van der Waals surface area contributed by atoms with Crippen LogP contribution < -0.4 is 5.63 Å². The van der Waals surface area contributed by atoms with Crippen molar-refractivity contribution >= 4 is 11.0 Å². The van der Waals surface area contributed by atoms with Gasteiger partial charge in [0.25, 0.3) is 0 Å². The number of aryl methyl sites for hydroxylation is 2. The van der Waals surface area contributed by atoms with Gasteiger partial charge < -0.3 is 19.3 Å². The summed E-state index contributed by atoms with van der Waals surface area (Å²) in [6.07, 6.45) is 6.63. The number of benzene rings is 1. The summed E-state index contributed by atoms with van der Waals surface area (Å²) in [5, 5.41) is 11.7. The van der Waals surface area contributed by atoms with Crippen LogP contribution in [0.2, 0.25) is 0 Å². The van der Waals surface area contributed by atoms with E-state index in [1.165, 1.54) is 45.2 Å². The molecule has 0 unspecified atom stereocenters. The average Bonchev–Trinajstić information content (AvgIpc) is 2.69. The second-order valence-corrected chi connectivity index (χ2v) is 9.23. The van der Waals surface area contributed by atoms with Gasteiger partial charge in [0.2, 0.25) is 0 Å². The van der Waals surface area contributed by atoms with E-state index in [2.05, 4.69) is 16.8 Å². The molecule has 0 aliphatic carbocycles. The molecular formula is C24H34N2O3. The standard InChI is InChI=1S/C24H34N2O3/c1-15-12-21-22(16(2)17(3)24(28)29-21)23(27)19(15)14-25(4)13-18-8-7-11-26-10-6-5-9-20(18)26/h12,18,20,27H,5-11,13-14H2,1-4H3/t18-,20+/m0/s1. The second kappa shape index (κ2) is 8.11. The van der Waals surface area contributed by atoms with Gasteiger partial charge in [-0.15, -0.1) is 0 Å². The van der Waals surface area contributed by atoms with Crippen molar-refractivity contribution in [2.24, 2.45) is 5.92 Å². The van der Waals surface area contributed by atoms with E-state index < -0.39 is 0 Å². The molecule has 0 amide bonds. The van der Waals surface area contributed by atoms with Gasteiger partial charge in [-0.25, -0.2) is 4.79 Å². The fourth-order valence-electron chi connectivity index (χ4n) is 5.49. The molecule has 1 N–H and O–H groups in total. The number of hydrogen-bond acceptors (Lipinski definition) is 5. The first kappa shape index (κ1) is 20.4. The van der Waals surface area contributed by atoms with E-state index in [9.17, 15) is 9.90 Å². The predicted molar refractivity (Wildman–Crippen MR) is 117 cm³/mol. The maximum atomic E-state index is 12.0. The maximum absolute atomic E-state index is 12.0. The van der Waals surface area contributed by atoms with Crippen LogP contribution in [-0.2, 0) is 6.54 Å². The van der Waals surface area contributed by atoms with Gasteiger partial charge >= 0.3 is 5.63 Å². The Morgan fingerprint density at radius 3 is 2.69 bits per heavy atom. The first-order chi connectivity index (χ1) is 13.9. The zero-order chi connectivity index (χ0) is 20.7. The first-order valence-electron chi connectivity index (χ1n) is 11.0. The van der Waals surface area contributed by atoms with Crippen molar-refractivity contribution in [2.75, 3.05) is 26.7 Å². The Morgan fingerprint density at radius 2 is 1.90 bits per heavy atom. The summed E-state index contributed by atoms with van der Waals surface area (Å²) in [5.41, 5.74) is 3.43. The second-order valence-electron chi connectivity index (χ2n) is 9.23. The van der Waals surface area contributed by atoms with Crippen LogP contribution in [0.5, 0.6) is 5.75 Å². The fourth-order valence-corrected chi connectivity index (χ4v) is 5.49. The Labute approximate surface area is 173 Å². The average molecular weight is 399 g/mol. The lowest BCUT2D eigenvalue weighted by atomic mass is 9.83. The van der Waals surface area contributed by atoms with Crippen molar-refractivity contribution < 1.29 is 9.52 Å². The van der Waals surface area contributed by atoms with Gasteiger partial charge in [-0.05, 0) is 89.7 Å². The van der Waals surface area contributed by atoms with Crippen LogP contribution in [0.4, 0.5) is 0 Å². The fraction of sp³-hybridized carbons (Fsp3) is 0.625. The largest absolute Gasteiger partial charge is 0.507 e. The van der Waals surface area contributed by atoms with Gasteiger partial charge in [-0.1, -0.05) is 6.42 Å². The third kappa shape index (κ3) is 3.82. The molecule has 0 radical (unpaired) electrons. The quantitative estimate of drug-likeness (QED) is 0.785. The summed E-state index contributed by atoms with van der Waals surface area (Å²) in [5.74, 6) is 0.970. The van der Waals surface area contributed by atoms with Gasteiger partial charge in [0.05, 0.1) is 5.39 Å². The molecule has 5 nitrogen and oxygen atoms in total. The molecule has 2 fully saturated rings. The number of phenolic OH excluding ortho intramolecular Hbond substituents is 1. The monoisotopic (exact) mass is 398 g/mol. The summed E-state index contributed by atoms with van der Waals surface area (Å²) < 4.78 is 5.44. The molecule has 0 bridgehead atoms. The molecule has 2 aliphatic heterocycles. The minimum atomic E-state index is -0.326. The van der Waals surface area contributed by atoms with Crippen molar-refractivity contribution in [3.8, 4) is 5.75 Å². The molecule has 2 saturated heterocycles. The number of fused-ring (bicyclic) bond motifs is 2. The third-order valence-corrected chi connectivity index (χ3v) is 7.24. The molecule has 0 spiro atoms. The summed E-state index contributed by atoms with van der Waals surface area (Å²) in [7, 11) is 2.16. The van der Waals surface area contributed by atoms with Crippen LogP contribution in [0, 0.1) is 26.7 Å². The van der Waals surface area contributed by atoms with Crippen LogP contribution >= 0.6 is 0 Å². The third-order valence-electron chi connectivity index (χ3n) is 7.24. The number of aromatic hydroxyl groups is 1. The highest BCUT2D eigenvalue weighted by atomic mass is 16.4. The van der Waals surface area contributed by atoms with E-state index in [1.807, 2.05) is 19.9 Å². The number of rotatable bonds is 4. The maximum Gasteiger partial charge on any atom is 0.339 e. The van der Waals surface area contributed by atoms with Gasteiger partial charge in [-0.3, -0.25) is 0 Å². The van der Waals surface area contributed by atoms with Crippen LogP contribution in [-0.4, -0.2) is 47.6 Å².